The molecule has 2 atom stereocenters. The average molecular weight is 461 g/mol. The van der Waals surface area contributed by atoms with Gasteiger partial charge in [0.2, 0.25) is 10.0 Å². The number of hydrogen-bond acceptors (Lipinski definition) is 4. The summed E-state index contributed by atoms with van der Waals surface area (Å²) in [7, 11) is -3.39. The highest BCUT2D eigenvalue weighted by Gasteiger charge is 2.41. The van der Waals surface area contributed by atoms with Crippen LogP contribution in [0, 0.1) is 17.2 Å². The summed E-state index contributed by atoms with van der Waals surface area (Å²) in [6.07, 6.45) is 2.15. The summed E-state index contributed by atoms with van der Waals surface area (Å²) in [6.45, 7) is 0.460. The Morgan fingerprint density at radius 3 is 2.57 bits per heavy atom. The van der Waals surface area contributed by atoms with Gasteiger partial charge in [-0.1, -0.05) is 40.2 Å². The fourth-order valence-electron chi connectivity index (χ4n) is 3.65. The second kappa shape index (κ2) is 8.56. The molecule has 0 saturated carbocycles. The van der Waals surface area contributed by atoms with Gasteiger partial charge < -0.3 is 0 Å². The highest BCUT2D eigenvalue weighted by atomic mass is 79.9. The van der Waals surface area contributed by atoms with Crippen molar-refractivity contribution in [2.75, 3.05) is 19.3 Å². The Labute approximate surface area is 174 Å². The average Bonchev–Trinajstić information content (AvgIpc) is 3.13. The largest absolute Gasteiger partial charge is 0.299 e. The zero-order chi connectivity index (χ0) is 20.3. The van der Waals surface area contributed by atoms with Gasteiger partial charge in [0.15, 0.2) is 0 Å². The summed E-state index contributed by atoms with van der Waals surface area (Å²) in [5.74, 6) is -0.582. The first-order chi connectivity index (χ1) is 13.3. The maximum Gasteiger partial charge on any atom is 0.211 e. The molecule has 0 aromatic heterocycles. The number of rotatable bonds is 6. The summed E-state index contributed by atoms with van der Waals surface area (Å²) < 4.78 is 26.5. The van der Waals surface area contributed by atoms with Gasteiger partial charge in [0.05, 0.1) is 17.9 Å². The van der Waals surface area contributed by atoms with Crippen LogP contribution in [0.5, 0.6) is 0 Å². The van der Waals surface area contributed by atoms with Gasteiger partial charge in [0.1, 0.15) is 5.78 Å². The van der Waals surface area contributed by atoms with E-state index in [1.807, 2.05) is 30.3 Å². The van der Waals surface area contributed by atoms with E-state index >= 15 is 0 Å². The van der Waals surface area contributed by atoms with E-state index in [2.05, 4.69) is 22.0 Å². The van der Waals surface area contributed by atoms with Gasteiger partial charge in [-0.15, -0.1) is 0 Å². The number of carbonyl (C=O) groups excluding carboxylic acids is 1. The van der Waals surface area contributed by atoms with E-state index < -0.39 is 15.9 Å². The number of carbonyl (C=O) groups is 1. The fraction of sp³-hybridized carbons (Fsp3) is 0.333. The quantitative estimate of drug-likeness (QED) is 0.660. The van der Waals surface area contributed by atoms with Crippen molar-refractivity contribution in [1.29, 1.82) is 5.26 Å². The molecule has 1 saturated heterocycles. The predicted molar refractivity (Wildman–Crippen MR) is 111 cm³/mol. The van der Waals surface area contributed by atoms with Gasteiger partial charge in [-0.05, 0) is 41.8 Å². The van der Waals surface area contributed by atoms with Crippen LogP contribution in [0.2, 0.25) is 0 Å². The van der Waals surface area contributed by atoms with Crippen molar-refractivity contribution in [1.82, 2.24) is 4.31 Å². The van der Waals surface area contributed by atoms with Gasteiger partial charge in [0, 0.05) is 35.8 Å². The summed E-state index contributed by atoms with van der Waals surface area (Å²) in [6, 6.07) is 17.0. The van der Waals surface area contributed by atoms with Crippen LogP contribution in [-0.2, 0) is 21.2 Å². The lowest BCUT2D eigenvalue weighted by molar-refractivity contribution is -0.122. The normalized spacial score (nSPS) is 20.0. The number of aryl methyl sites for hydroxylation is 1. The lowest BCUT2D eigenvalue weighted by atomic mass is 9.84. The maximum absolute atomic E-state index is 13.0. The molecular weight excluding hydrogens is 440 g/mol. The van der Waals surface area contributed by atoms with E-state index in [-0.39, 0.29) is 24.8 Å². The molecule has 3 rings (SSSR count). The molecular formula is C21H21BrN2O3S. The first-order valence-electron chi connectivity index (χ1n) is 9.00. The van der Waals surface area contributed by atoms with Crippen molar-refractivity contribution < 1.29 is 13.2 Å². The maximum atomic E-state index is 13.0. The Morgan fingerprint density at radius 1 is 1.21 bits per heavy atom. The van der Waals surface area contributed by atoms with Gasteiger partial charge in [0.25, 0.3) is 0 Å². The number of hydrogen-bond donors (Lipinski definition) is 0. The van der Waals surface area contributed by atoms with Gasteiger partial charge in [-0.25, -0.2) is 12.7 Å². The van der Waals surface area contributed by atoms with E-state index in [4.69, 9.17) is 5.26 Å². The van der Waals surface area contributed by atoms with Gasteiger partial charge in [-0.2, -0.15) is 5.26 Å². The van der Waals surface area contributed by atoms with Crippen LogP contribution in [0.15, 0.2) is 53.0 Å². The van der Waals surface area contributed by atoms with Crippen molar-refractivity contribution in [2.45, 2.75) is 18.8 Å². The second-order valence-electron chi connectivity index (χ2n) is 7.12. The smallest absolute Gasteiger partial charge is 0.211 e. The molecule has 1 heterocycles. The summed E-state index contributed by atoms with van der Waals surface area (Å²) in [5.41, 5.74) is 2.42. The number of nitriles is 1. The Balaban J connectivity index is 1.81. The fourth-order valence-corrected chi connectivity index (χ4v) is 4.77. The second-order valence-corrected chi connectivity index (χ2v) is 10.0. The van der Waals surface area contributed by atoms with Crippen LogP contribution < -0.4 is 0 Å². The zero-order valence-corrected chi connectivity index (χ0v) is 17.9. The highest BCUT2D eigenvalue weighted by Crippen LogP contribution is 2.35. The standard InChI is InChI=1S/C21H21BrN2O3S/c1-28(26,27)24-13-19(17-4-2-3-16(11-17)12-23)20(14-24)21(25)10-7-15-5-8-18(22)9-6-15/h2-6,8-9,11,19-20H,7,10,13-14H2,1H3. The van der Waals surface area contributed by atoms with Crippen LogP contribution in [0.4, 0.5) is 0 Å². The highest BCUT2D eigenvalue weighted by molar-refractivity contribution is 9.10. The molecule has 1 fully saturated rings. The van der Waals surface area contributed by atoms with Crippen LogP contribution in [-0.4, -0.2) is 37.9 Å². The molecule has 0 N–H and O–H groups in total. The van der Waals surface area contributed by atoms with Crippen molar-refractivity contribution >= 4 is 31.7 Å². The van der Waals surface area contributed by atoms with Crippen molar-refractivity contribution in [3.05, 3.63) is 69.7 Å². The van der Waals surface area contributed by atoms with Crippen LogP contribution >= 0.6 is 15.9 Å². The number of nitrogens with zero attached hydrogens (tertiary/aromatic N) is 2. The molecule has 7 heteroatoms. The Morgan fingerprint density at radius 2 is 1.93 bits per heavy atom. The van der Waals surface area contributed by atoms with Crippen molar-refractivity contribution in [2.24, 2.45) is 5.92 Å². The van der Waals surface area contributed by atoms with Crippen LogP contribution in [0.1, 0.15) is 29.0 Å². The molecule has 1 aliphatic heterocycles. The molecule has 1 aliphatic rings. The van der Waals surface area contributed by atoms with E-state index in [1.165, 1.54) is 10.6 Å². The van der Waals surface area contributed by atoms with Gasteiger partial charge >= 0.3 is 0 Å². The molecule has 0 amide bonds. The summed E-state index contributed by atoms with van der Waals surface area (Å²) >= 11 is 3.40. The number of halogens is 1. The Hall–Kier alpha value is -2.01. The molecule has 0 radical (unpaired) electrons. The first kappa shape index (κ1) is 20.7. The van der Waals surface area contributed by atoms with Crippen LogP contribution in [0.25, 0.3) is 0 Å². The first-order valence-corrected chi connectivity index (χ1v) is 11.6. The number of sulfonamides is 1. The van der Waals surface area contributed by atoms with E-state index in [1.54, 1.807) is 18.2 Å². The Kier molecular flexibility index (Phi) is 6.33. The third-order valence-corrected chi connectivity index (χ3v) is 6.95. The number of ketones is 1. The lowest BCUT2D eigenvalue weighted by Crippen LogP contribution is -2.28. The molecule has 0 aliphatic carbocycles. The molecule has 28 heavy (non-hydrogen) atoms. The molecule has 2 unspecified atom stereocenters. The van der Waals surface area contributed by atoms with E-state index in [0.29, 0.717) is 18.4 Å². The molecule has 2 aromatic carbocycles. The third-order valence-electron chi connectivity index (χ3n) is 5.19. The minimum Gasteiger partial charge on any atom is -0.299 e. The minimum atomic E-state index is -3.39. The molecule has 5 nitrogen and oxygen atoms in total. The predicted octanol–water partition coefficient (Wildman–Crippen LogP) is 3.50. The molecule has 0 spiro atoms. The van der Waals surface area contributed by atoms with E-state index in [0.717, 1.165) is 15.6 Å². The minimum absolute atomic E-state index is 0.0569. The number of benzene rings is 2. The monoisotopic (exact) mass is 460 g/mol. The third kappa shape index (κ3) is 4.88. The van der Waals surface area contributed by atoms with Crippen molar-refractivity contribution in [3.8, 4) is 6.07 Å². The SMILES string of the molecule is CS(=O)(=O)N1CC(C(=O)CCc2ccc(Br)cc2)C(c2cccc(C#N)c2)C1. The van der Waals surface area contributed by atoms with Gasteiger partial charge in [-0.3, -0.25) is 4.79 Å². The van der Waals surface area contributed by atoms with Crippen LogP contribution in [0.3, 0.4) is 0 Å². The molecule has 0 bridgehead atoms. The summed E-state index contributed by atoms with van der Waals surface area (Å²) in [4.78, 5) is 13.0. The Bertz CT molecular complexity index is 1010. The zero-order valence-electron chi connectivity index (χ0n) is 15.5. The van der Waals surface area contributed by atoms with E-state index in [9.17, 15) is 13.2 Å². The molecule has 2 aromatic rings. The molecule has 146 valence electrons. The summed E-state index contributed by atoms with van der Waals surface area (Å²) in [5, 5.41) is 9.16. The van der Waals surface area contributed by atoms with Crippen molar-refractivity contribution in [3.63, 3.8) is 0 Å². The topological polar surface area (TPSA) is 78.2 Å². The lowest BCUT2D eigenvalue weighted by Gasteiger charge is -2.18. The number of Topliss-reactive ketones (excluding diaryl/α,β-unsaturated/α-hetero) is 1.